The summed E-state index contributed by atoms with van der Waals surface area (Å²) < 4.78 is 11.1. The smallest absolute Gasteiger partial charge is 0.161 e. The Balaban J connectivity index is 2.23. The first-order valence-corrected chi connectivity index (χ1v) is 5.74. The highest BCUT2D eigenvalue weighted by Gasteiger charge is 2.17. The Morgan fingerprint density at radius 2 is 1.88 bits per heavy atom. The van der Waals surface area contributed by atoms with E-state index in [1.807, 2.05) is 18.2 Å². The van der Waals surface area contributed by atoms with Gasteiger partial charge in [-0.15, -0.1) is 0 Å². The molecule has 2 unspecified atom stereocenters. The van der Waals surface area contributed by atoms with E-state index < -0.39 is 12.1 Å². The number of hydrogen-bond acceptors (Lipinski definition) is 5. The lowest BCUT2D eigenvalue weighted by atomic mass is 10.0. The Labute approximate surface area is 100 Å². The SMILES string of the molecule is NC(CO)C(N)c1ccc2c(c1)OCCCO2. The van der Waals surface area contributed by atoms with Gasteiger partial charge in [0, 0.05) is 18.5 Å². The fourth-order valence-corrected chi connectivity index (χ4v) is 1.75. The molecular formula is C12H18N2O3. The third kappa shape index (κ3) is 2.69. The zero-order valence-electron chi connectivity index (χ0n) is 9.63. The third-order valence-electron chi connectivity index (χ3n) is 2.83. The first-order chi connectivity index (χ1) is 8.22. The van der Waals surface area contributed by atoms with Gasteiger partial charge in [0.25, 0.3) is 0 Å². The highest BCUT2D eigenvalue weighted by atomic mass is 16.5. The molecular weight excluding hydrogens is 220 g/mol. The number of ether oxygens (including phenoxy) is 2. The average Bonchev–Trinajstić information content (AvgIpc) is 2.61. The second-order valence-corrected chi connectivity index (χ2v) is 4.13. The molecule has 0 aromatic heterocycles. The van der Waals surface area contributed by atoms with E-state index in [2.05, 4.69) is 0 Å². The van der Waals surface area contributed by atoms with Crippen molar-refractivity contribution in [2.75, 3.05) is 19.8 Å². The van der Waals surface area contributed by atoms with E-state index in [9.17, 15) is 0 Å². The van der Waals surface area contributed by atoms with Gasteiger partial charge in [-0.25, -0.2) is 0 Å². The fourth-order valence-electron chi connectivity index (χ4n) is 1.75. The van der Waals surface area contributed by atoms with E-state index >= 15 is 0 Å². The van der Waals surface area contributed by atoms with Crippen molar-refractivity contribution >= 4 is 0 Å². The van der Waals surface area contributed by atoms with Crippen LogP contribution in [0.3, 0.4) is 0 Å². The van der Waals surface area contributed by atoms with E-state index in [0.29, 0.717) is 19.0 Å². The van der Waals surface area contributed by atoms with Gasteiger partial charge >= 0.3 is 0 Å². The van der Waals surface area contributed by atoms with Crippen LogP contribution in [0.4, 0.5) is 0 Å². The van der Waals surface area contributed by atoms with Crippen molar-refractivity contribution in [1.29, 1.82) is 0 Å². The Kier molecular flexibility index (Phi) is 3.83. The summed E-state index contributed by atoms with van der Waals surface area (Å²) in [5.41, 5.74) is 12.5. The molecule has 1 aromatic rings. The minimum atomic E-state index is -0.472. The third-order valence-corrected chi connectivity index (χ3v) is 2.83. The summed E-state index contributed by atoms with van der Waals surface area (Å²) >= 11 is 0. The zero-order valence-corrected chi connectivity index (χ0v) is 9.63. The lowest BCUT2D eigenvalue weighted by molar-refractivity contribution is 0.249. The van der Waals surface area contributed by atoms with Crippen molar-refractivity contribution in [1.82, 2.24) is 0 Å². The van der Waals surface area contributed by atoms with E-state index in [-0.39, 0.29) is 6.61 Å². The maximum atomic E-state index is 8.99. The molecule has 17 heavy (non-hydrogen) atoms. The largest absolute Gasteiger partial charge is 0.490 e. The molecule has 5 nitrogen and oxygen atoms in total. The lowest BCUT2D eigenvalue weighted by Crippen LogP contribution is -2.37. The molecule has 0 saturated carbocycles. The number of nitrogens with two attached hydrogens (primary N) is 2. The predicted molar refractivity (Wildman–Crippen MR) is 64.0 cm³/mol. The minimum Gasteiger partial charge on any atom is -0.490 e. The molecule has 94 valence electrons. The topological polar surface area (TPSA) is 90.7 Å². The number of fused-ring (bicyclic) bond motifs is 1. The van der Waals surface area contributed by atoms with Crippen LogP contribution in [0, 0.1) is 0 Å². The molecule has 0 spiro atoms. The molecule has 2 atom stereocenters. The monoisotopic (exact) mass is 238 g/mol. The van der Waals surface area contributed by atoms with Gasteiger partial charge in [0.1, 0.15) is 0 Å². The van der Waals surface area contributed by atoms with Crippen LogP contribution in [0.5, 0.6) is 11.5 Å². The van der Waals surface area contributed by atoms with Gasteiger partial charge in [0.15, 0.2) is 11.5 Å². The molecule has 0 amide bonds. The molecule has 0 fully saturated rings. The Morgan fingerprint density at radius 1 is 1.18 bits per heavy atom. The summed E-state index contributed by atoms with van der Waals surface area (Å²) in [6, 6.07) is 4.64. The summed E-state index contributed by atoms with van der Waals surface area (Å²) in [6.07, 6.45) is 0.867. The van der Waals surface area contributed by atoms with Crippen LogP contribution in [0.15, 0.2) is 18.2 Å². The molecule has 1 aliphatic rings. The standard InChI is InChI=1S/C12H18N2O3/c13-9(7-15)12(14)8-2-3-10-11(6-8)17-5-1-4-16-10/h2-3,6,9,12,15H,1,4-5,7,13-14H2. The number of aliphatic hydroxyl groups is 1. The molecule has 0 bridgehead atoms. The minimum absolute atomic E-state index is 0.143. The zero-order chi connectivity index (χ0) is 12.3. The van der Waals surface area contributed by atoms with Gasteiger partial charge in [0.05, 0.1) is 19.8 Å². The molecule has 0 aliphatic carbocycles. The van der Waals surface area contributed by atoms with Crippen molar-refractivity contribution in [3.8, 4) is 11.5 Å². The molecule has 5 N–H and O–H groups in total. The van der Waals surface area contributed by atoms with Crippen LogP contribution in [0.2, 0.25) is 0 Å². The molecule has 2 rings (SSSR count). The van der Waals surface area contributed by atoms with Gasteiger partial charge in [-0.05, 0) is 17.7 Å². The number of benzene rings is 1. The summed E-state index contributed by atoms with van der Waals surface area (Å²) in [6.45, 7) is 1.15. The highest BCUT2D eigenvalue weighted by Crippen LogP contribution is 2.32. The van der Waals surface area contributed by atoms with Gasteiger partial charge in [-0.2, -0.15) is 0 Å². The predicted octanol–water partition coefficient (Wildman–Crippen LogP) is 0.167. The van der Waals surface area contributed by atoms with Gasteiger partial charge in [-0.1, -0.05) is 6.07 Å². The number of hydrogen-bond donors (Lipinski definition) is 3. The van der Waals surface area contributed by atoms with E-state index in [4.69, 9.17) is 26.0 Å². The van der Waals surface area contributed by atoms with Crippen molar-refractivity contribution in [2.24, 2.45) is 11.5 Å². The normalized spacial score (nSPS) is 18.3. The summed E-state index contributed by atoms with van der Waals surface area (Å²) in [4.78, 5) is 0. The second-order valence-electron chi connectivity index (χ2n) is 4.13. The van der Waals surface area contributed by atoms with E-state index in [1.54, 1.807) is 0 Å². The van der Waals surface area contributed by atoms with Crippen molar-refractivity contribution < 1.29 is 14.6 Å². The number of rotatable bonds is 3. The molecule has 5 heteroatoms. The van der Waals surface area contributed by atoms with Crippen LogP contribution in [-0.4, -0.2) is 31.0 Å². The maximum absolute atomic E-state index is 8.99. The fraction of sp³-hybridized carbons (Fsp3) is 0.500. The van der Waals surface area contributed by atoms with E-state index in [0.717, 1.165) is 17.7 Å². The molecule has 0 saturated heterocycles. The lowest BCUT2D eigenvalue weighted by Gasteiger charge is -2.19. The Hall–Kier alpha value is -1.30. The molecule has 0 radical (unpaired) electrons. The highest BCUT2D eigenvalue weighted by molar-refractivity contribution is 5.44. The summed E-state index contributed by atoms with van der Waals surface area (Å²) in [5.74, 6) is 1.43. The summed E-state index contributed by atoms with van der Waals surface area (Å²) in [7, 11) is 0. The van der Waals surface area contributed by atoms with Gasteiger partial charge in [0.2, 0.25) is 0 Å². The van der Waals surface area contributed by atoms with Crippen molar-refractivity contribution in [3.05, 3.63) is 23.8 Å². The van der Waals surface area contributed by atoms with Crippen LogP contribution in [0.1, 0.15) is 18.0 Å². The van der Waals surface area contributed by atoms with Crippen molar-refractivity contribution in [2.45, 2.75) is 18.5 Å². The quantitative estimate of drug-likeness (QED) is 0.698. The first-order valence-electron chi connectivity index (χ1n) is 5.74. The Morgan fingerprint density at radius 3 is 2.59 bits per heavy atom. The average molecular weight is 238 g/mol. The molecule has 1 aromatic carbocycles. The van der Waals surface area contributed by atoms with Crippen LogP contribution < -0.4 is 20.9 Å². The van der Waals surface area contributed by atoms with Gasteiger partial charge < -0.3 is 26.0 Å². The first kappa shape index (κ1) is 12.2. The summed E-state index contributed by atoms with van der Waals surface area (Å²) in [5, 5.41) is 8.99. The van der Waals surface area contributed by atoms with Crippen molar-refractivity contribution in [3.63, 3.8) is 0 Å². The number of aliphatic hydroxyl groups excluding tert-OH is 1. The van der Waals surface area contributed by atoms with Gasteiger partial charge in [-0.3, -0.25) is 0 Å². The molecule has 1 heterocycles. The maximum Gasteiger partial charge on any atom is 0.161 e. The van der Waals surface area contributed by atoms with Crippen LogP contribution in [0.25, 0.3) is 0 Å². The Bertz CT molecular complexity index is 384. The van der Waals surface area contributed by atoms with Crippen LogP contribution >= 0.6 is 0 Å². The van der Waals surface area contributed by atoms with E-state index in [1.165, 1.54) is 0 Å². The van der Waals surface area contributed by atoms with Crippen LogP contribution in [-0.2, 0) is 0 Å². The molecule has 1 aliphatic heterocycles. The second kappa shape index (κ2) is 5.35.